The Morgan fingerprint density at radius 3 is 2.64 bits per heavy atom. The summed E-state index contributed by atoms with van der Waals surface area (Å²) in [5.41, 5.74) is -0.868. The summed E-state index contributed by atoms with van der Waals surface area (Å²) in [7, 11) is 2.63. The van der Waals surface area contributed by atoms with Crippen LogP contribution >= 0.6 is 11.6 Å². The standard InChI is InChI=1S/C17H18ClFN2O4/c1-4-17(16(24)25-3)12-11(14(22)21(2)15(12)23)13(20-17)9-6-5-8(19)7-10(9)18/h5-7,11-13,20H,4H2,1-3H3/t11-,12-,13-,17-/m0/s1. The van der Waals surface area contributed by atoms with E-state index in [0.29, 0.717) is 5.56 Å². The van der Waals surface area contributed by atoms with Crippen molar-refractivity contribution in [2.75, 3.05) is 14.2 Å². The maximum Gasteiger partial charge on any atom is 0.326 e. The van der Waals surface area contributed by atoms with Crippen LogP contribution in [-0.4, -0.2) is 42.4 Å². The van der Waals surface area contributed by atoms with Crippen molar-refractivity contribution < 1.29 is 23.5 Å². The van der Waals surface area contributed by atoms with E-state index >= 15 is 0 Å². The summed E-state index contributed by atoms with van der Waals surface area (Å²) in [5.74, 6) is -3.65. The van der Waals surface area contributed by atoms with E-state index in [9.17, 15) is 18.8 Å². The molecule has 8 heteroatoms. The third-order valence-electron chi connectivity index (χ3n) is 5.28. The lowest BCUT2D eigenvalue weighted by Crippen LogP contribution is -2.55. The van der Waals surface area contributed by atoms with E-state index in [1.807, 2.05) is 0 Å². The van der Waals surface area contributed by atoms with Crippen molar-refractivity contribution in [3.05, 3.63) is 34.6 Å². The molecule has 6 nitrogen and oxygen atoms in total. The highest BCUT2D eigenvalue weighted by Gasteiger charge is 2.67. The lowest BCUT2D eigenvalue weighted by molar-refractivity contribution is -0.154. The predicted molar refractivity (Wildman–Crippen MR) is 87.1 cm³/mol. The lowest BCUT2D eigenvalue weighted by atomic mass is 9.78. The van der Waals surface area contributed by atoms with Crippen molar-refractivity contribution in [3.63, 3.8) is 0 Å². The minimum absolute atomic E-state index is 0.128. The Morgan fingerprint density at radius 2 is 2.08 bits per heavy atom. The van der Waals surface area contributed by atoms with Gasteiger partial charge in [-0.2, -0.15) is 0 Å². The molecular weight excluding hydrogens is 351 g/mol. The molecule has 2 fully saturated rings. The molecule has 0 radical (unpaired) electrons. The zero-order chi connectivity index (χ0) is 18.5. The molecule has 134 valence electrons. The molecule has 2 aliphatic heterocycles. The van der Waals surface area contributed by atoms with Gasteiger partial charge in [-0.05, 0) is 24.1 Å². The van der Waals surface area contributed by atoms with E-state index in [2.05, 4.69) is 5.32 Å². The number of likely N-dealkylation sites (tertiary alicyclic amines) is 1. The first-order valence-corrected chi connectivity index (χ1v) is 8.28. The Kier molecular flexibility index (Phi) is 4.33. The van der Waals surface area contributed by atoms with E-state index in [4.69, 9.17) is 16.3 Å². The topological polar surface area (TPSA) is 75.7 Å². The van der Waals surface area contributed by atoms with Gasteiger partial charge in [0.2, 0.25) is 11.8 Å². The molecular formula is C17H18ClFN2O4. The van der Waals surface area contributed by atoms with Gasteiger partial charge in [-0.3, -0.25) is 24.6 Å². The van der Waals surface area contributed by atoms with E-state index < -0.39 is 47.0 Å². The largest absolute Gasteiger partial charge is 0.468 e. The van der Waals surface area contributed by atoms with E-state index in [1.165, 1.54) is 26.3 Å². The molecule has 25 heavy (non-hydrogen) atoms. The highest BCUT2D eigenvalue weighted by atomic mass is 35.5. The number of hydrogen-bond donors (Lipinski definition) is 1. The van der Waals surface area contributed by atoms with Crippen LogP contribution in [0.25, 0.3) is 0 Å². The molecule has 0 aliphatic carbocycles. The van der Waals surface area contributed by atoms with Crippen LogP contribution in [0.2, 0.25) is 5.02 Å². The zero-order valence-corrected chi connectivity index (χ0v) is 14.8. The van der Waals surface area contributed by atoms with Crippen molar-refractivity contribution in [1.82, 2.24) is 10.2 Å². The summed E-state index contributed by atoms with van der Waals surface area (Å²) >= 11 is 6.16. The van der Waals surface area contributed by atoms with Gasteiger partial charge in [-0.15, -0.1) is 0 Å². The van der Waals surface area contributed by atoms with Gasteiger partial charge in [0.1, 0.15) is 11.4 Å². The second-order valence-corrected chi connectivity index (χ2v) is 6.75. The van der Waals surface area contributed by atoms with E-state index in [0.717, 1.165) is 11.0 Å². The third kappa shape index (κ3) is 2.37. The number of esters is 1. The van der Waals surface area contributed by atoms with E-state index in [1.54, 1.807) is 6.92 Å². The maximum absolute atomic E-state index is 13.4. The molecule has 0 aromatic heterocycles. The highest BCUT2D eigenvalue weighted by molar-refractivity contribution is 6.31. The van der Waals surface area contributed by atoms with Gasteiger partial charge >= 0.3 is 5.97 Å². The Bertz CT molecular complexity index is 771. The first kappa shape index (κ1) is 17.8. The van der Waals surface area contributed by atoms with Crippen LogP contribution in [0.4, 0.5) is 4.39 Å². The van der Waals surface area contributed by atoms with Gasteiger partial charge < -0.3 is 4.74 Å². The molecule has 1 N–H and O–H groups in total. The number of methoxy groups -OCH3 is 1. The van der Waals surface area contributed by atoms with Crippen LogP contribution in [0.15, 0.2) is 18.2 Å². The van der Waals surface area contributed by atoms with Crippen LogP contribution in [0.1, 0.15) is 24.9 Å². The molecule has 3 rings (SSSR count). The van der Waals surface area contributed by atoms with Crippen molar-refractivity contribution in [2.45, 2.75) is 24.9 Å². The summed E-state index contributed by atoms with van der Waals surface area (Å²) < 4.78 is 18.3. The van der Waals surface area contributed by atoms with Gasteiger partial charge in [0, 0.05) is 18.1 Å². The van der Waals surface area contributed by atoms with Gasteiger partial charge in [-0.25, -0.2) is 4.39 Å². The van der Waals surface area contributed by atoms with Crippen molar-refractivity contribution in [2.24, 2.45) is 11.8 Å². The van der Waals surface area contributed by atoms with Gasteiger partial charge in [-0.1, -0.05) is 24.6 Å². The molecule has 1 aromatic carbocycles. The summed E-state index contributed by atoms with van der Waals surface area (Å²) in [6, 6.07) is 3.14. The highest BCUT2D eigenvalue weighted by Crippen LogP contribution is 2.50. The second-order valence-electron chi connectivity index (χ2n) is 6.34. The number of carbonyl (C=O) groups excluding carboxylic acids is 3. The van der Waals surface area contributed by atoms with Crippen LogP contribution in [0, 0.1) is 17.7 Å². The minimum Gasteiger partial charge on any atom is -0.468 e. The smallest absolute Gasteiger partial charge is 0.326 e. The first-order valence-electron chi connectivity index (χ1n) is 7.91. The normalized spacial score (nSPS) is 31.4. The van der Waals surface area contributed by atoms with Crippen LogP contribution in [0.5, 0.6) is 0 Å². The lowest BCUT2D eigenvalue weighted by Gasteiger charge is -2.31. The Balaban J connectivity index is 2.17. The van der Waals surface area contributed by atoms with Crippen molar-refractivity contribution in [3.8, 4) is 0 Å². The molecule has 4 atom stereocenters. The molecule has 0 saturated carbocycles. The van der Waals surface area contributed by atoms with Gasteiger partial charge in [0.15, 0.2) is 0 Å². The van der Waals surface area contributed by atoms with Gasteiger partial charge in [0.05, 0.1) is 18.9 Å². The molecule has 0 spiro atoms. The number of nitrogens with zero attached hydrogens (tertiary/aromatic N) is 1. The first-order chi connectivity index (χ1) is 11.8. The molecule has 2 heterocycles. The summed E-state index contributed by atoms with van der Waals surface area (Å²) in [4.78, 5) is 38.9. The zero-order valence-electron chi connectivity index (χ0n) is 14.0. The molecule has 2 aliphatic rings. The number of imide groups is 1. The number of rotatable bonds is 3. The number of ether oxygens (including phenoxy) is 1. The van der Waals surface area contributed by atoms with Crippen LogP contribution < -0.4 is 5.32 Å². The summed E-state index contributed by atoms with van der Waals surface area (Å²) in [5, 5.41) is 3.24. The molecule has 2 saturated heterocycles. The summed E-state index contributed by atoms with van der Waals surface area (Å²) in [6.07, 6.45) is 0.253. The van der Waals surface area contributed by atoms with E-state index in [-0.39, 0.29) is 11.4 Å². The predicted octanol–water partition coefficient (Wildman–Crippen LogP) is 1.68. The number of carbonyl (C=O) groups is 3. The Labute approximate surface area is 149 Å². The van der Waals surface area contributed by atoms with Crippen molar-refractivity contribution >= 4 is 29.4 Å². The number of benzene rings is 1. The fourth-order valence-electron chi connectivity index (χ4n) is 4.01. The number of hydrogen-bond acceptors (Lipinski definition) is 5. The van der Waals surface area contributed by atoms with Crippen molar-refractivity contribution in [1.29, 1.82) is 0 Å². The molecule has 1 aromatic rings. The SMILES string of the molecule is CC[C@]1(C(=O)OC)N[C@@H](c2ccc(F)cc2Cl)[C@H]2C(=O)N(C)C(=O)[C@H]21. The maximum atomic E-state index is 13.4. The van der Waals surface area contributed by atoms with Gasteiger partial charge in [0.25, 0.3) is 0 Å². The number of fused-ring (bicyclic) bond motifs is 1. The summed E-state index contributed by atoms with van der Waals surface area (Å²) in [6.45, 7) is 1.74. The van der Waals surface area contributed by atoms with Crippen LogP contribution in [-0.2, 0) is 19.1 Å². The fourth-order valence-corrected chi connectivity index (χ4v) is 4.29. The second kappa shape index (κ2) is 6.07. The number of amides is 2. The number of nitrogens with one attached hydrogen (secondary N) is 1. The molecule has 2 amide bonds. The third-order valence-corrected chi connectivity index (χ3v) is 5.61. The Morgan fingerprint density at radius 1 is 1.40 bits per heavy atom. The minimum atomic E-state index is -1.33. The molecule has 0 bridgehead atoms. The van der Waals surface area contributed by atoms with Crippen LogP contribution in [0.3, 0.4) is 0 Å². The fraction of sp³-hybridized carbons (Fsp3) is 0.471. The monoisotopic (exact) mass is 368 g/mol. The average molecular weight is 369 g/mol. The quantitative estimate of drug-likeness (QED) is 0.649. The average Bonchev–Trinajstić information content (AvgIpc) is 3.05. The molecule has 0 unspecified atom stereocenters. The Hall–Kier alpha value is -1.99. The number of halogens is 2.